The van der Waals surface area contributed by atoms with Gasteiger partial charge < -0.3 is 78.3 Å². The average molecular weight is 1320 g/mol. The fourth-order valence-electron chi connectivity index (χ4n) is 11.3. The van der Waals surface area contributed by atoms with Gasteiger partial charge in [0.15, 0.2) is 6.29 Å². The lowest BCUT2D eigenvalue weighted by atomic mass is 9.93. The highest BCUT2D eigenvalue weighted by Gasteiger charge is 2.47. The highest BCUT2D eigenvalue weighted by molar-refractivity contribution is 7.99. The van der Waals surface area contributed by atoms with Crippen molar-refractivity contribution >= 4 is 111 Å². The Labute approximate surface area is 544 Å². The number of amides is 14. The quantitative estimate of drug-likeness (QED) is 0.0677. The number of thioether (sulfide) groups is 1. The Bertz CT molecular complexity index is 3540. The van der Waals surface area contributed by atoms with E-state index in [0.717, 1.165) is 33.7 Å². The second-order valence-electron chi connectivity index (χ2n) is 24.1. The number of ether oxygens (including phenoxy) is 2. The predicted octanol–water partition coefficient (Wildman–Crippen LogP) is -2.20. The van der Waals surface area contributed by atoms with Gasteiger partial charge in [-0.05, 0) is 48.9 Å². The molecule has 32 heteroatoms. The van der Waals surface area contributed by atoms with Crippen LogP contribution in [0.3, 0.4) is 0 Å². The molecule has 5 aliphatic rings. The summed E-state index contributed by atoms with van der Waals surface area (Å²) in [4.78, 5) is 197. The Balaban J connectivity index is 1.06. The van der Waals surface area contributed by atoms with E-state index < -0.39 is 187 Å². The Morgan fingerprint density at radius 3 is 2.12 bits per heavy atom. The Morgan fingerprint density at radius 1 is 0.766 bits per heavy atom. The van der Waals surface area contributed by atoms with E-state index in [0.29, 0.717) is 39.2 Å². The molecule has 0 saturated carbocycles. The molecule has 2 aromatic carbocycles. The third-order valence-electron chi connectivity index (χ3n) is 16.9. The van der Waals surface area contributed by atoms with E-state index in [-0.39, 0.29) is 44.7 Å². The molecular formula is C62H77N15O16S. The third-order valence-corrected chi connectivity index (χ3v) is 18.1. The molecular weight excluding hydrogens is 1240 g/mol. The number of carbonyl (C=O) groups excluding carboxylic acids is 14. The van der Waals surface area contributed by atoms with Crippen molar-refractivity contribution in [3.05, 3.63) is 71.8 Å². The van der Waals surface area contributed by atoms with Crippen LogP contribution in [0.25, 0.3) is 10.9 Å². The van der Waals surface area contributed by atoms with E-state index in [1.54, 1.807) is 71.0 Å². The first-order valence-corrected chi connectivity index (χ1v) is 31.8. The van der Waals surface area contributed by atoms with Crippen molar-refractivity contribution in [3.8, 4) is 6.07 Å². The predicted molar refractivity (Wildman–Crippen MR) is 334 cm³/mol. The number of hydrogen-bond acceptors (Lipinski definition) is 18. The lowest BCUT2D eigenvalue weighted by Crippen LogP contribution is -2.62. The molecule has 1 aromatic heterocycles. The molecule has 6 heterocycles. The Hall–Kier alpha value is -9.74. The van der Waals surface area contributed by atoms with Crippen molar-refractivity contribution < 1.29 is 76.6 Å². The molecule has 0 radical (unpaired) electrons. The number of nitrogens with zero attached hydrogens (tertiary/aromatic N) is 3. The van der Waals surface area contributed by atoms with E-state index in [2.05, 4.69) is 64.2 Å². The minimum absolute atomic E-state index is 0.181. The van der Waals surface area contributed by atoms with Crippen LogP contribution >= 0.6 is 11.8 Å². The van der Waals surface area contributed by atoms with Gasteiger partial charge in [-0.1, -0.05) is 71.4 Å². The minimum atomic E-state index is -1.76. The van der Waals surface area contributed by atoms with E-state index in [4.69, 9.17) is 15.2 Å². The van der Waals surface area contributed by atoms with E-state index in [1.807, 2.05) is 0 Å². The number of benzene rings is 2. The topological polar surface area (TPSA) is 450 Å². The van der Waals surface area contributed by atoms with Crippen LogP contribution in [0.15, 0.2) is 65.7 Å². The summed E-state index contributed by atoms with van der Waals surface area (Å²) in [5.41, 5.74) is 7.39. The number of aromatic nitrogens is 1. The van der Waals surface area contributed by atoms with Gasteiger partial charge in [0.1, 0.15) is 48.3 Å². The summed E-state index contributed by atoms with van der Waals surface area (Å²) in [6, 6.07) is 3.89. The number of carbonyl (C=O) groups is 14. The number of rotatable bonds is 16. The number of aromatic amines is 1. The molecule has 94 heavy (non-hydrogen) atoms. The molecule has 0 spiro atoms. The number of primary amides is 1. The minimum Gasteiger partial charge on any atom is -0.370 e. The Kier molecular flexibility index (Phi) is 23.3. The molecule has 13 atom stereocenters. The van der Waals surface area contributed by atoms with Crippen LogP contribution < -0.4 is 58.9 Å². The number of hydrogen-bond donors (Lipinski definition) is 12. The number of imide groups is 1. The van der Waals surface area contributed by atoms with Gasteiger partial charge in [0.25, 0.3) is 11.8 Å². The normalized spacial score (nSPS) is 25.6. The van der Waals surface area contributed by atoms with E-state index >= 15 is 4.79 Å². The first-order valence-electron chi connectivity index (χ1n) is 30.8. The van der Waals surface area contributed by atoms with Gasteiger partial charge >= 0.3 is 0 Å². The van der Waals surface area contributed by atoms with Crippen molar-refractivity contribution in [2.24, 2.45) is 29.4 Å². The first-order chi connectivity index (χ1) is 44.7. The number of H-pyrrole nitrogens is 1. The zero-order valence-corrected chi connectivity index (χ0v) is 53.3. The monoisotopic (exact) mass is 1320 g/mol. The largest absolute Gasteiger partial charge is 0.370 e. The fourth-order valence-corrected chi connectivity index (χ4v) is 12.4. The van der Waals surface area contributed by atoms with Crippen LogP contribution in [0.5, 0.6) is 0 Å². The van der Waals surface area contributed by atoms with Crippen molar-refractivity contribution in [1.29, 1.82) is 5.26 Å². The number of fused-ring (bicyclic) bond motifs is 5. The van der Waals surface area contributed by atoms with Crippen molar-refractivity contribution in [3.63, 3.8) is 0 Å². The molecule has 2 fully saturated rings. The van der Waals surface area contributed by atoms with Crippen molar-refractivity contribution in [2.45, 2.75) is 139 Å². The van der Waals surface area contributed by atoms with Gasteiger partial charge in [-0.3, -0.25) is 72.0 Å². The average Bonchev–Trinajstić information content (AvgIpc) is 1.65. The third kappa shape index (κ3) is 17.3. The lowest BCUT2D eigenvalue weighted by molar-refractivity contribution is -0.144. The highest BCUT2D eigenvalue weighted by atomic mass is 32.2. The highest BCUT2D eigenvalue weighted by Crippen LogP contribution is 2.35. The summed E-state index contributed by atoms with van der Waals surface area (Å²) < 4.78 is 12.6. The second kappa shape index (κ2) is 31.3. The summed E-state index contributed by atoms with van der Waals surface area (Å²) >= 11 is 1.02. The molecule has 1 unspecified atom stereocenters. The number of anilines is 1. The van der Waals surface area contributed by atoms with Crippen LogP contribution in [0.2, 0.25) is 0 Å². The number of para-hydroxylation sites is 1. The SMILES string of the molecule is CC[C@H](C)[C@@H]1NC(=O)CNC(=O)[C@@H]2Cc3c([nH]c4ccccc34)SC[C@H](NC(=O)CNC1=O)C(=O)N[C@@H](CC(N)=O)C(=O)N1C[C@H](C#N)C[C@H]1C(=O)N[C@@H]([C@@H](C)[C@@H]1COC(c3ccc(NC(=O)[C@H](C)NC(=O)[C@@H](NC(=O)CCN4C(=O)C=CC4=O)C(C)C)cc3)O1)C(=O)N2. The Morgan fingerprint density at radius 2 is 1.45 bits per heavy atom. The summed E-state index contributed by atoms with van der Waals surface area (Å²) in [6.45, 7) is 7.73. The van der Waals surface area contributed by atoms with Gasteiger partial charge in [-0.2, -0.15) is 5.26 Å². The second-order valence-corrected chi connectivity index (χ2v) is 25.1. The zero-order valence-electron chi connectivity index (χ0n) is 52.5. The molecule has 502 valence electrons. The maximum Gasteiger partial charge on any atom is 0.253 e. The number of nitrogens with two attached hydrogens (primary N) is 1. The van der Waals surface area contributed by atoms with Crippen LogP contribution in [0.4, 0.5) is 5.69 Å². The molecule has 13 N–H and O–H groups in total. The molecule has 8 rings (SSSR count). The summed E-state index contributed by atoms with van der Waals surface area (Å²) in [7, 11) is 0. The first kappa shape index (κ1) is 70.1. The van der Waals surface area contributed by atoms with E-state index in [1.165, 1.54) is 19.1 Å². The van der Waals surface area contributed by atoms with Crippen LogP contribution in [-0.2, 0) is 83.0 Å². The van der Waals surface area contributed by atoms with Crippen LogP contribution in [0, 0.1) is 35.0 Å². The fraction of sp³-hybridized carbons (Fsp3) is 0.500. The zero-order chi connectivity index (χ0) is 68.2. The van der Waals surface area contributed by atoms with Gasteiger partial charge in [-0.25, -0.2) is 0 Å². The standard InChI is InChI=1S/C62H77N15O16S/c1-7-30(4)51-57(88)66-24-46(80)69-41-28-94-60-37(36-10-8-9-11-38(36)72-60)21-39(54(85)65-25-47(81)74-51)70-59(90)52(75-56(87)42-20-33(23-63)26-77(42)61(91)40(22-44(64)78)71-55(41)86)31(5)43-27-92-62(93-43)34-12-14-35(15-13-34)68-53(84)32(6)67-58(89)50(29(2)3)73-45(79)18-19-76-48(82)16-17-49(76)83/h8-17,29-33,39-43,50-52,62,72H,7,18-22,24-28H2,1-6H3,(H2,64,78)(H,65,85)(H,66,88)(H,67,89)(H,68,84)(H,69,80)(H,70,90)(H,71,86)(H,73,79)(H,74,81)(H,75,87)/t30-,31-,32-,33-,39-,40-,41-,42-,43-,50-,51-,52-,62?/m0/s1. The molecule has 5 aliphatic heterocycles. The molecule has 0 aliphatic carbocycles. The maximum absolute atomic E-state index is 15.4. The molecule has 14 amide bonds. The van der Waals surface area contributed by atoms with Crippen LogP contribution in [0.1, 0.15) is 84.6 Å². The summed E-state index contributed by atoms with van der Waals surface area (Å²) in [5, 5.41) is 37.4. The summed E-state index contributed by atoms with van der Waals surface area (Å²) in [5.74, 6) is -14.4. The van der Waals surface area contributed by atoms with Gasteiger partial charge in [-0.15, -0.1) is 11.8 Å². The van der Waals surface area contributed by atoms with Crippen LogP contribution in [-0.4, -0.2) is 190 Å². The van der Waals surface area contributed by atoms with Gasteiger partial charge in [0.05, 0.1) is 49.2 Å². The lowest BCUT2D eigenvalue weighted by Gasteiger charge is -2.33. The molecule has 2 saturated heterocycles. The number of nitrogens with one attached hydrogen (secondary N) is 11. The van der Waals surface area contributed by atoms with Gasteiger partial charge in [0.2, 0.25) is 70.9 Å². The molecule has 31 nitrogen and oxygen atoms in total. The summed E-state index contributed by atoms with van der Waals surface area (Å²) in [6.07, 6.45) is -1.15. The molecule has 3 aromatic rings. The van der Waals surface area contributed by atoms with Crippen molar-refractivity contribution in [1.82, 2.24) is 62.6 Å². The number of nitriles is 1. The van der Waals surface area contributed by atoms with Gasteiger partial charge in [0, 0.05) is 71.9 Å². The molecule has 2 bridgehead atoms. The maximum atomic E-state index is 15.4. The van der Waals surface area contributed by atoms with Crippen molar-refractivity contribution in [2.75, 3.05) is 43.9 Å². The van der Waals surface area contributed by atoms with E-state index in [9.17, 15) is 67.6 Å². The smallest absolute Gasteiger partial charge is 0.253 e.